The van der Waals surface area contributed by atoms with Crippen LogP contribution in [0, 0.1) is 0 Å². The Morgan fingerprint density at radius 1 is 1.18 bits per heavy atom. The Labute approximate surface area is 165 Å². The van der Waals surface area contributed by atoms with Gasteiger partial charge in [-0.1, -0.05) is 12.1 Å². The molecule has 1 aliphatic rings. The predicted molar refractivity (Wildman–Crippen MR) is 108 cm³/mol. The molecule has 0 aliphatic heterocycles. The number of ether oxygens (including phenoxy) is 1. The summed E-state index contributed by atoms with van der Waals surface area (Å²) in [7, 11) is 0. The number of anilines is 1. The van der Waals surface area contributed by atoms with Crippen molar-refractivity contribution >= 4 is 17.7 Å². The number of pyridine rings is 1. The van der Waals surface area contributed by atoms with Gasteiger partial charge >= 0.3 is 6.09 Å². The molecule has 1 unspecified atom stereocenters. The second kappa shape index (κ2) is 8.00. The van der Waals surface area contributed by atoms with Gasteiger partial charge in [-0.3, -0.25) is 15.1 Å². The molecule has 1 saturated carbocycles. The first-order valence-corrected chi connectivity index (χ1v) is 9.58. The zero-order valence-electron chi connectivity index (χ0n) is 16.8. The third-order valence-electron chi connectivity index (χ3n) is 4.46. The molecule has 1 fully saturated rings. The van der Waals surface area contributed by atoms with Crippen LogP contribution in [0.25, 0.3) is 0 Å². The fourth-order valence-corrected chi connectivity index (χ4v) is 3.08. The van der Waals surface area contributed by atoms with Gasteiger partial charge in [0.1, 0.15) is 5.60 Å². The van der Waals surface area contributed by atoms with Crippen LogP contribution in [-0.4, -0.2) is 33.5 Å². The standard InChI is InChI=1S/C22H27N3O3/c1-15(19-10-5-6-13-23-19)25(18-11-12-18)20(26)16-8-7-9-17(14-16)24-21(27)28-22(2,3)4/h5-10,13-15,18H,11-12H2,1-4H3,(H,24,27). The summed E-state index contributed by atoms with van der Waals surface area (Å²) in [6.45, 7) is 7.42. The van der Waals surface area contributed by atoms with Gasteiger partial charge in [0, 0.05) is 23.5 Å². The topological polar surface area (TPSA) is 71.5 Å². The zero-order chi connectivity index (χ0) is 20.3. The maximum Gasteiger partial charge on any atom is 0.412 e. The van der Waals surface area contributed by atoms with E-state index < -0.39 is 11.7 Å². The lowest BCUT2D eigenvalue weighted by atomic mass is 10.1. The van der Waals surface area contributed by atoms with E-state index in [-0.39, 0.29) is 18.0 Å². The minimum Gasteiger partial charge on any atom is -0.444 e. The van der Waals surface area contributed by atoms with Gasteiger partial charge in [-0.2, -0.15) is 0 Å². The molecule has 1 heterocycles. The highest BCUT2D eigenvalue weighted by atomic mass is 16.6. The highest BCUT2D eigenvalue weighted by Crippen LogP contribution is 2.35. The van der Waals surface area contributed by atoms with E-state index in [1.807, 2.05) is 30.0 Å². The molecule has 2 amide bonds. The van der Waals surface area contributed by atoms with Crippen LogP contribution >= 0.6 is 0 Å². The van der Waals surface area contributed by atoms with Crippen molar-refractivity contribution in [3.63, 3.8) is 0 Å². The molecule has 0 spiro atoms. The van der Waals surface area contributed by atoms with Crippen molar-refractivity contribution in [2.24, 2.45) is 0 Å². The van der Waals surface area contributed by atoms with Crippen LogP contribution in [0.5, 0.6) is 0 Å². The maximum atomic E-state index is 13.3. The van der Waals surface area contributed by atoms with Crippen molar-refractivity contribution < 1.29 is 14.3 Å². The number of benzene rings is 1. The Balaban J connectivity index is 1.78. The first-order chi connectivity index (χ1) is 13.2. The summed E-state index contributed by atoms with van der Waals surface area (Å²) in [6.07, 6.45) is 3.20. The third kappa shape index (κ3) is 5.09. The number of hydrogen-bond acceptors (Lipinski definition) is 4. The largest absolute Gasteiger partial charge is 0.444 e. The Morgan fingerprint density at radius 2 is 1.93 bits per heavy atom. The van der Waals surface area contributed by atoms with Gasteiger partial charge < -0.3 is 9.64 Å². The molecule has 0 radical (unpaired) electrons. The van der Waals surface area contributed by atoms with Gasteiger partial charge in [0.15, 0.2) is 0 Å². The van der Waals surface area contributed by atoms with Crippen LogP contribution in [0.15, 0.2) is 48.7 Å². The molecule has 6 heteroatoms. The number of hydrogen-bond donors (Lipinski definition) is 1. The zero-order valence-corrected chi connectivity index (χ0v) is 16.8. The average Bonchev–Trinajstić information content (AvgIpc) is 3.46. The molecular weight excluding hydrogens is 354 g/mol. The molecule has 1 atom stereocenters. The highest BCUT2D eigenvalue weighted by molar-refractivity contribution is 5.97. The summed E-state index contributed by atoms with van der Waals surface area (Å²) in [5.74, 6) is -0.0616. The smallest absolute Gasteiger partial charge is 0.412 e. The molecule has 2 aromatic rings. The lowest BCUT2D eigenvalue weighted by Crippen LogP contribution is -2.36. The quantitative estimate of drug-likeness (QED) is 0.808. The van der Waals surface area contributed by atoms with Gasteiger partial charge in [0.05, 0.1) is 11.7 Å². The SMILES string of the molecule is CC(c1ccccn1)N(C(=O)c1cccc(NC(=O)OC(C)(C)C)c1)C1CC1. The van der Waals surface area contributed by atoms with E-state index in [0.29, 0.717) is 11.3 Å². The first-order valence-electron chi connectivity index (χ1n) is 9.58. The number of amides is 2. The van der Waals surface area contributed by atoms with Crippen LogP contribution in [-0.2, 0) is 4.74 Å². The number of nitrogens with one attached hydrogen (secondary N) is 1. The first kappa shape index (κ1) is 19.9. The van der Waals surface area contributed by atoms with Crippen LogP contribution in [0.1, 0.15) is 62.6 Å². The van der Waals surface area contributed by atoms with E-state index in [4.69, 9.17) is 4.74 Å². The summed E-state index contributed by atoms with van der Waals surface area (Å²) >= 11 is 0. The minimum atomic E-state index is -0.585. The lowest BCUT2D eigenvalue weighted by molar-refractivity contribution is 0.0631. The normalized spacial score (nSPS) is 14.9. The van der Waals surface area contributed by atoms with E-state index in [1.54, 1.807) is 51.2 Å². The van der Waals surface area contributed by atoms with Crippen molar-refractivity contribution in [2.45, 2.75) is 58.2 Å². The van der Waals surface area contributed by atoms with Crippen LogP contribution in [0.3, 0.4) is 0 Å². The van der Waals surface area contributed by atoms with Gasteiger partial charge in [0.2, 0.25) is 0 Å². The summed E-state index contributed by atoms with van der Waals surface area (Å²) in [6, 6.07) is 12.8. The van der Waals surface area contributed by atoms with Gasteiger partial charge in [0.25, 0.3) is 5.91 Å². The Hall–Kier alpha value is -2.89. The summed E-state index contributed by atoms with van der Waals surface area (Å²) in [5.41, 5.74) is 1.34. The van der Waals surface area contributed by atoms with E-state index >= 15 is 0 Å². The fourth-order valence-electron chi connectivity index (χ4n) is 3.08. The van der Waals surface area contributed by atoms with Gasteiger partial charge in [-0.15, -0.1) is 0 Å². The van der Waals surface area contributed by atoms with E-state index in [9.17, 15) is 9.59 Å². The van der Waals surface area contributed by atoms with Crippen molar-refractivity contribution in [3.8, 4) is 0 Å². The van der Waals surface area contributed by atoms with E-state index in [1.165, 1.54) is 0 Å². The Kier molecular flexibility index (Phi) is 5.68. The summed E-state index contributed by atoms with van der Waals surface area (Å²) in [5, 5.41) is 2.69. The summed E-state index contributed by atoms with van der Waals surface area (Å²) in [4.78, 5) is 31.6. The number of rotatable bonds is 5. The van der Waals surface area contributed by atoms with Crippen molar-refractivity contribution in [3.05, 3.63) is 59.9 Å². The van der Waals surface area contributed by atoms with Crippen LogP contribution in [0.4, 0.5) is 10.5 Å². The molecule has 0 bridgehead atoms. The molecule has 28 heavy (non-hydrogen) atoms. The third-order valence-corrected chi connectivity index (χ3v) is 4.46. The molecule has 1 aromatic carbocycles. The van der Waals surface area contributed by atoms with Crippen molar-refractivity contribution in [1.29, 1.82) is 0 Å². The highest BCUT2D eigenvalue weighted by Gasteiger charge is 2.37. The lowest BCUT2D eigenvalue weighted by Gasteiger charge is -2.29. The van der Waals surface area contributed by atoms with Gasteiger partial charge in [-0.05, 0) is 70.9 Å². The second-order valence-corrected chi connectivity index (χ2v) is 8.08. The monoisotopic (exact) mass is 381 g/mol. The Bertz CT molecular complexity index is 842. The average molecular weight is 381 g/mol. The molecule has 148 valence electrons. The number of aromatic nitrogens is 1. The fraction of sp³-hybridized carbons (Fsp3) is 0.409. The van der Waals surface area contributed by atoms with E-state index in [0.717, 1.165) is 18.5 Å². The molecule has 3 rings (SSSR count). The van der Waals surface area contributed by atoms with Crippen LogP contribution < -0.4 is 5.32 Å². The molecule has 1 N–H and O–H groups in total. The number of carbonyl (C=O) groups excluding carboxylic acids is 2. The van der Waals surface area contributed by atoms with Crippen LogP contribution in [0.2, 0.25) is 0 Å². The van der Waals surface area contributed by atoms with Crippen molar-refractivity contribution in [1.82, 2.24) is 9.88 Å². The molecular formula is C22H27N3O3. The van der Waals surface area contributed by atoms with Gasteiger partial charge in [-0.25, -0.2) is 4.79 Å². The number of carbonyl (C=O) groups is 2. The molecule has 1 aromatic heterocycles. The number of nitrogens with zero attached hydrogens (tertiary/aromatic N) is 2. The maximum absolute atomic E-state index is 13.3. The van der Waals surface area contributed by atoms with Crippen molar-refractivity contribution in [2.75, 3.05) is 5.32 Å². The van der Waals surface area contributed by atoms with E-state index in [2.05, 4.69) is 10.3 Å². The molecule has 1 aliphatic carbocycles. The Morgan fingerprint density at radius 3 is 2.54 bits per heavy atom. The second-order valence-electron chi connectivity index (χ2n) is 8.08. The molecule has 0 saturated heterocycles. The minimum absolute atomic E-state index is 0.0616. The molecule has 6 nitrogen and oxygen atoms in total. The summed E-state index contributed by atoms with van der Waals surface area (Å²) < 4.78 is 5.28. The predicted octanol–water partition coefficient (Wildman–Crippen LogP) is 4.79.